The van der Waals surface area contributed by atoms with Crippen molar-refractivity contribution in [1.29, 1.82) is 0 Å². The molecule has 1 aliphatic heterocycles. The third kappa shape index (κ3) is 3.91. The number of amides is 1. The van der Waals surface area contributed by atoms with Gasteiger partial charge in [-0.3, -0.25) is 4.79 Å². The first kappa shape index (κ1) is 13.3. The van der Waals surface area contributed by atoms with Crippen LogP contribution in [-0.2, 0) is 0 Å². The molecule has 0 radical (unpaired) electrons. The second-order valence-electron chi connectivity index (χ2n) is 4.02. The van der Waals surface area contributed by atoms with Crippen molar-refractivity contribution < 1.29 is 9.90 Å². The molecular weight excluding hydrogens is 274 g/mol. The molecule has 1 fully saturated rings. The monoisotopic (exact) mass is 289 g/mol. The minimum Gasteiger partial charge on any atom is -0.386 e. The van der Waals surface area contributed by atoms with Crippen molar-refractivity contribution in [3.63, 3.8) is 0 Å². The molecule has 3 nitrogen and oxygen atoms in total. The quantitative estimate of drug-likeness (QED) is 0.889. The van der Waals surface area contributed by atoms with E-state index < -0.39 is 5.60 Å². The summed E-state index contributed by atoms with van der Waals surface area (Å²) >= 11 is 5.00. The molecule has 0 atom stereocenters. The topological polar surface area (TPSA) is 49.3 Å². The molecule has 1 saturated heterocycles. The van der Waals surface area contributed by atoms with Crippen molar-refractivity contribution in [3.8, 4) is 0 Å². The van der Waals surface area contributed by atoms with Crippen LogP contribution in [0.2, 0.25) is 0 Å². The molecule has 2 N–H and O–H groups in total. The average molecular weight is 289 g/mol. The van der Waals surface area contributed by atoms with Crippen molar-refractivity contribution in [2.24, 2.45) is 0 Å². The van der Waals surface area contributed by atoms with Crippen LogP contribution in [0.15, 0.2) is 16.8 Å². The molecule has 1 aliphatic rings. The maximum Gasteiger partial charge on any atom is 0.252 e. The van der Waals surface area contributed by atoms with E-state index in [1.807, 2.05) is 10.8 Å². The zero-order chi connectivity index (χ0) is 12.1. The van der Waals surface area contributed by atoms with Crippen LogP contribution in [0.3, 0.4) is 0 Å². The zero-order valence-corrected chi connectivity index (χ0v) is 11.8. The van der Waals surface area contributed by atoms with Gasteiger partial charge in [0.05, 0.1) is 5.60 Å². The van der Waals surface area contributed by atoms with E-state index >= 15 is 0 Å². The number of thiophene rings is 1. The summed E-state index contributed by atoms with van der Waals surface area (Å²) in [5, 5.41) is 16.8. The molecule has 0 saturated carbocycles. The van der Waals surface area contributed by atoms with Gasteiger partial charge in [-0.15, -0.1) is 0 Å². The fourth-order valence-electron chi connectivity index (χ4n) is 1.53. The number of carbonyl (C=O) groups is 1. The second-order valence-corrected chi connectivity index (χ2v) is 7.01. The molecule has 2 rings (SSSR count). The molecule has 17 heavy (non-hydrogen) atoms. The van der Waals surface area contributed by atoms with Gasteiger partial charge in [0.1, 0.15) is 0 Å². The molecule has 0 bridgehead atoms. The molecule has 2 heterocycles. The minimum atomic E-state index is -0.766. The number of aliphatic hydroxyl groups is 1. The van der Waals surface area contributed by atoms with Gasteiger partial charge in [0.25, 0.3) is 5.91 Å². The van der Waals surface area contributed by atoms with Crippen molar-refractivity contribution in [2.75, 3.05) is 29.6 Å². The van der Waals surface area contributed by atoms with E-state index in [4.69, 9.17) is 0 Å². The predicted octanol–water partition coefficient (Wildman–Crippen LogP) is 1.69. The molecule has 1 amide bonds. The van der Waals surface area contributed by atoms with E-state index in [0.29, 0.717) is 23.6 Å². The average Bonchev–Trinajstić information content (AvgIpc) is 2.77. The summed E-state index contributed by atoms with van der Waals surface area (Å²) < 4.78 is 0. The Bertz CT molecular complexity index is 359. The maximum atomic E-state index is 11.7. The van der Waals surface area contributed by atoms with Crippen LogP contribution in [-0.4, -0.2) is 46.2 Å². The van der Waals surface area contributed by atoms with Crippen LogP contribution in [0, 0.1) is 0 Å². The Balaban J connectivity index is 1.86. The highest BCUT2D eigenvalue weighted by Gasteiger charge is 2.29. The first-order valence-electron chi connectivity index (χ1n) is 5.38. The Morgan fingerprint density at radius 3 is 2.71 bits per heavy atom. The fraction of sp³-hybridized carbons (Fsp3) is 0.545. The highest BCUT2D eigenvalue weighted by molar-refractivity contribution is 8.03. The Labute approximate surface area is 113 Å². The Kier molecular flexibility index (Phi) is 4.78. The predicted molar refractivity (Wildman–Crippen MR) is 76.3 cm³/mol. The van der Waals surface area contributed by atoms with Crippen molar-refractivity contribution >= 4 is 40.8 Å². The van der Waals surface area contributed by atoms with Crippen LogP contribution >= 0.6 is 34.9 Å². The van der Waals surface area contributed by atoms with E-state index in [0.717, 1.165) is 11.5 Å². The smallest absolute Gasteiger partial charge is 0.252 e. The lowest BCUT2D eigenvalue weighted by Gasteiger charge is -2.25. The first-order valence-corrected chi connectivity index (χ1v) is 8.63. The lowest BCUT2D eigenvalue weighted by Crippen LogP contribution is -2.46. The van der Waals surface area contributed by atoms with Gasteiger partial charge in [-0.1, -0.05) is 0 Å². The van der Waals surface area contributed by atoms with Gasteiger partial charge in [0.15, 0.2) is 0 Å². The first-order chi connectivity index (χ1) is 8.20. The molecule has 0 aliphatic carbocycles. The van der Waals surface area contributed by atoms with Crippen LogP contribution in [0.1, 0.15) is 10.4 Å². The standard InChI is InChI=1S/C11H15NO2S3/c13-10(9-1-2-15-5-9)12-6-11(14)7-16-3-4-17-8-11/h1-2,5,14H,3-4,6-8H2,(H,12,13). The molecule has 0 aromatic carbocycles. The van der Waals surface area contributed by atoms with Crippen molar-refractivity contribution in [2.45, 2.75) is 5.60 Å². The lowest BCUT2D eigenvalue weighted by molar-refractivity contribution is 0.0754. The summed E-state index contributed by atoms with van der Waals surface area (Å²) in [4.78, 5) is 11.7. The summed E-state index contributed by atoms with van der Waals surface area (Å²) in [6.07, 6.45) is 0. The van der Waals surface area contributed by atoms with Crippen LogP contribution in [0.4, 0.5) is 0 Å². The maximum absolute atomic E-state index is 11.7. The number of carbonyl (C=O) groups excluding carboxylic acids is 1. The summed E-state index contributed by atoms with van der Waals surface area (Å²) in [6, 6.07) is 1.79. The Hall–Kier alpha value is -0.170. The number of hydrogen-bond acceptors (Lipinski definition) is 5. The molecule has 6 heteroatoms. The van der Waals surface area contributed by atoms with Gasteiger partial charge in [-0.05, 0) is 11.4 Å². The van der Waals surface area contributed by atoms with Gasteiger partial charge >= 0.3 is 0 Å². The summed E-state index contributed by atoms with van der Waals surface area (Å²) in [7, 11) is 0. The van der Waals surface area contributed by atoms with Gasteiger partial charge in [0.2, 0.25) is 0 Å². The van der Waals surface area contributed by atoms with Gasteiger partial charge < -0.3 is 10.4 Å². The molecular formula is C11H15NO2S3. The van der Waals surface area contributed by atoms with Gasteiger partial charge in [-0.25, -0.2) is 0 Å². The number of thioether (sulfide) groups is 2. The van der Waals surface area contributed by atoms with Gasteiger partial charge in [0, 0.05) is 40.5 Å². The summed E-state index contributed by atoms with van der Waals surface area (Å²) in [5.41, 5.74) is -0.0927. The number of rotatable bonds is 3. The fourth-order valence-corrected chi connectivity index (χ4v) is 4.69. The third-order valence-electron chi connectivity index (χ3n) is 2.47. The molecule has 1 aromatic rings. The Morgan fingerprint density at radius 2 is 2.12 bits per heavy atom. The normalized spacial score (nSPS) is 19.6. The van der Waals surface area contributed by atoms with E-state index in [1.165, 1.54) is 11.3 Å². The largest absolute Gasteiger partial charge is 0.386 e. The summed E-state index contributed by atoms with van der Waals surface area (Å²) in [5.74, 6) is 3.45. The van der Waals surface area contributed by atoms with Crippen molar-refractivity contribution in [3.05, 3.63) is 22.4 Å². The van der Waals surface area contributed by atoms with E-state index in [2.05, 4.69) is 5.32 Å². The highest BCUT2D eigenvalue weighted by Crippen LogP contribution is 2.24. The number of nitrogens with one attached hydrogen (secondary N) is 1. The minimum absolute atomic E-state index is 0.0982. The van der Waals surface area contributed by atoms with Crippen LogP contribution in [0.25, 0.3) is 0 Å². The number of hydrogen-bond donors (Lipinski definition) is 2. The second kappa shape index (κ2) is 6.13. The van der Waals surface area contributed by atoms with E-state index in [-0.39, 0.29) is 5.91 Å². The third-order valence-corrected chi connectivity index (χ3v) is 5.89. The zero-order valence-electron chi connectivity index (χ0n) is 9.35. The molecule has 0 unspecified atom stereocenters. The van der Waals surface area contributed by atoms with E-state index in [9.17, 15) is 9.90 Å². The van der Waals surface area contributed by atoms with E-state index in [1.54, 1.807) is 29.6 Å². The molecule has 0 spiro atoms. The summed E-state index contributed by atoms with van der Waals surface area (Å²) in [6.45, 7) is 0.335. The Morgan fingerprint density at radius 1 is 1.41 bits per heavy atom. The van der Waals surface area contributed by atoms with Crippen molar-refractivity contribution in [1.82, 2.24) is 5.32 Å². The molecule has 1 aromatic heterocycles. The van der Waals surface area contributed by atoms with Crippen LogP contribution in [0.5, 0.6) is 0 Å². The molecule has 94 valence electrons. The highest BCUT2D eigenvalue weighted by atomic mass is 32.2. The van der Waals surface area contributed by atoms with Crippen LogP contribution < -0.4 is 5.32 Å². The SMILES string of the molecule is O=C(NCC1(O)CSCCSC1)c1ccsc1. The lowest BCUT2D eigenvalue weighted by atomic mass is 10.1. The van der Waals surface area contributed by atoms with Gasteiger partial charge in [-0.2, -0.15) is 34.9 Å².